The van der Waals surface area contributed by atoms with E-state index in [1.807, 2.05) is 11.0 Å². The third-order valence-electron chi connectivity index (χ3n) is 4.78. The van der Waals surface area contributed by atoms with Gasteiger partial charge in [-0.2, -0.15) is 0 Å². The lowest BCUT2D eigenvalue weighted by atomic mass is 9.87. The molecular formula is C17H23NO3. The van der Waals surface area contributed by atoms with Crippen molar-refractivity contribution in [3.05, 3.63) is 23.3 Å². The van der Waals surface area contributed by atoms with Crippen LogP contribution in [-0.4, -0.2) is 29.6 Å². The van der Waals surface area contributed by atoms with E-state index >= 15 is 0 Å². The number of carbonyl (C=O) groups is 1. The summed E-state index contributed by atoms with van der Waals surface area (Å²) in [6.45, 7) is 1.39. The number of methoxy groups -OCH3 is 1. The summed E-state index contributed by atoms with van der Waals surface area (Å²) >= 11 is 0. The van der Waals surface area contributed by atoms with Crippen LogP contribution in [0.25, 0.3) is 0 Å². The van der Waals surface area contributed by atoms with Crippen LogP contribution < -0.4 is 4.74 Å². The molecule has 1 amide bonds. The fourth-order valence-corrected chi connectivity index (χ4v) is 3.53. The Morgan fingerprint density at radius 1 is 1.24 bits per heavy atom. The zero-order valence-electron chi connectivity index (χ0n) is 12.6. The van der Waals surface area contributed by atoms with Crippen molar-refractivity contribution in [1.82, 2.24) is 4.90 Å². The summed E-state index contributed by atoms with van der Waals surface area (Å²) in [5, 5.41) is 9.91. The van der Waals surface area contributed by atoms with Crippen LogP contribution in [0.4, 0.5) is 0 Å². The minimum Gasteiger partial charge on any atom is -0.504 e. The molecule has 0 radical (unpaired) electrons. The van der Waals surface area contributed by atoms with Gasteiger partial charge in [-0.05, 0) is 42.5 Å². The number of phenols is 1. The normalized spacial score (nSPS) is 19.2. The van der Waals surface area contributed by atoms with Gasteiger partial charge in [0, 0.05) is 19.0 Å². The number of benzene rings is 1. The van der Waals surface area contributed by atoms with E-state index < -0.39 is 0 Å². The molecule has 0 unspecified atom stereocenters. The van der Waals surface area contributed by atoms with Gasteiger partial charge in [0.1, 0.15) is 0 Å². The Morgan fingerprint density at radius 2 is 2.00 bits per heavy atom. The summed E-state index contributed by atoms with van der Waals surface area (Å²) < 4.78 is 5.15. The first kappa shape index (κ1) is 14.2. The van der Waals surface area contributed by atoms with Crippen molar-refractivity contribution in [2.45, 2.75) is 45.1 Å². The minimum absolute atomic E-state index is 0.156. The van der Waals surface area contributed by atoms with Gasteiger partial charge in [0.2, 0.25) is 5.91 Å². The van der Waals surface area contributed by atoms with Crippen LogP contribution in [0.3, 0.4) is 0 Å². The maximum atomic E-state index is 12.6. The number of amides is 1. The number of aromatic hydroxyl groups is 1. The van der Waals surface area contributed by atoms with Crippen molar-refractivity contribution in [2.75, 3.05) is 13.7 Å². The Bertz CT molecular complexity index is 535. The van der Waals surface area contributed by atoms with Gasteiger partial charge in [-0.1, -0.05) is 19.3 Å². The van der Waals surface area contributed by atoms with E-state index in [4.69, 9.17) is 4.74 Å². The fraction of sp³-hybridized carbons (Fsp3) is 0.588. The van der Waals surface area contributed by atoms with Gasteiger partial charge in [0.15, 0.2) is 11.5 Å². The third kappa shape index (κ3) is 2.85. The topological polar surface area (TPSA) is 49.8 Å². The van der Waals surface area contributed by atoms with Crippen LogP contribution in [0.1, 0.15) is 43.2 Å². The first-order valence-electron chi connectivity index (χ1n) is 7.86. The van der Waals surface area contributed by atoms with Crippen LogP contribution in [-0.2, 0) is 17.8 Å². The minimum atomic E-state index is 0.156. The highest BCUT2D eigenvalue weighted by Crippen LogP contribution is 2.33. The predicted molar refractivity (Wildman–Crippen MR) is 80.4 cm³/mol. The first-order chi connectivity index (χ1) is 10.2. The molecule has 2 aliphatic rings. The number of fused-ring (bicyclic) bond motifs is 1. The number of hydrogen-bond acceptors (Lipinski definition) is 3. The van der Waals surface area contributed by atoms with Crippen molar-refractivity contribution in [1.29, 1.82) is 0 Å². The second kappa shape index (κ2) is 5.96. The Morgan fingerprint density at radius 3 is 2.71 bits per heavy atom. The Hall–Kier alpha value is -1.71. The van der Waals surface area contributed by atoms with Crippen molar-refractivity contribution in [3.63, 3.8) is 0 Å². The van der Waals surface area contributed by atoms with E-state index in [1.54, 1.807) is 13.2 Å². The van der Waals surface area contributed by atoms with E-state index in [-0.39, 0.29) is 11.7 Å². The molecule has 1 aliphatic carbocycles. The van der Waals surface area contributed by atoms with Crippen LogP contribution in [0.15, 0.2) is 12.1 Å². The van der Waals surface area contributed by atoms with E-state index in [9.17, 15) is 9.90 Å². The highest BCUT2D eigenvalue weighted by Gasteiger charge is 2.28. The van der Waals surface area contributed by atoms with Crippen molar-refractivity contribution < 1.29 is 14.6 Å². The molecule has 114 valence electrons. The number of ether oxygens (including phenoxy) is 1. The van der Waals surface area contributed by atoms with Crippen LogP contribution in [0, 0.1) is 5.92 Å². The molecule has 0 aromatic heterocycles. The van der Waals surface area contributed by atoms with E-state index in [2.05, 4.69) is 0 Å². The molecular weight excluding hydrogens is 266 g/mol. The van der Waals surface area contributed by atoms with Crippen molar-refractivity contribution in [3.8, 4) is 11.5 Å². The summed E-state index contributed by atoms with van der Waals surface area (Å²) in [6, 6.07) is 3.64. The van der Waals surface area contributed by atoms with Crippen molar-refractivity contribution in [2.24, 2.45) is 5.92 Å². The molecule has 1 fully saturated rings. The van der Waals surface area contributed by atoms with Gasteiger partial charge >= 0.3 is 0 Å². The molecule has 1 saturated carbocycles. The zero-order valence-corrected chi connectivity index (χ0v) is 12.6. The van der Waals surface area contributed by atoms with Gasteiger partial charge in [0.05, 0.1) is 7.11 Å². The SMILES string of the molecule is COc1cc2c(cc1O)CN(C(=O)C1CCCCC1)CC2. The second-order valence-electron chi connectivity index (χ2n) is 6.14. The quantitative estimate of drug-likeness (QED) is 0.910. The monoisotopic (exact) mass is 289 g/mol. The van der Waals surface area contributed by atoms with Crippen molar-refractivity contribution >= 4 is 5.91 Å². The summed E-state index contributed by atoms with van der Waals surface area (Å²) in [4.78, 5) is 14.6. The lowest BCUT2D eigenvalue weighted by molar-refractivity contribution is -0.137. The van der Waals surface area contributed by atoms with E-state index in [0.29, 0.717) is 18.2 Å². The Labute approximate surface area is 125 Å². The Kier molecular flexibility index (Phi) is 4.04. The molecule has 1 aromatic carbocycles. The van der Waals surface area contributed by atoms with Crippen LogP contribution in [0.5, 0.6) is 11.5 Å². The molecule has 0 bridgehead atoms. The molecule has 4 heteroatoms. The molecule has 1 N–H and O–H groups in total. The summed E-state index contributed by atoms with van der Waals surface area (Å²) in [7, 11) is 1.56. The number of rotatable bonds is 2. The molecule has 0 spiro atoms. The first-order valence-corrected chi connectivity index (χ1v) is 7.86. The largest absolute Gasteiger partial charge is 0.504 e. The zero-order chi connectivity index (χ0) is 14.8. The van der Waals surface area contributed by atoms with Gasteiger partial charge in [0.25, 0.3) is 0 Å². The summed E-state index contributed by atoms with van der Waals surface area (Å²) in [6.07, 6.45) is 6.54. The second-order valence-corrected chi connectivity index (χ2v) is 6.14. The number of nitrogens with zero attached hydrogens (tertiary/aromatic N) is 1. The van der Waals surface area contributed by atoms with E-state index in [0.717, 1.165) is 31.4 Å². The number of hydrogen-bond donors (Lipinski definition) is 1. The Balaban J connectivity index is 1.74. The molecule has 0 atom stereocenters. The average molecular weight is 289 g/mol. The maximum absolute atomic E-state index is 12.6. The third-order valence-corrected chi connectivity index (χ3v) is 4.78. The average Bonchev–Trinajstić information content (AvgIpc) is 2.53. The molecule has 0 saturated heterocycles. The van der Waals surface area contributed by atoms with Crippen LogP contribution >= 0.6 is 0 Å². The van der Waals surface area contributed by atoms with Gasteiger partial charge in [-0.15, -0.1) is 0 Å². The molecule has 1 aliphatic heterocycles. The highest BCUT2D eigenvalue weighted by molar-refractivity contribution is 5.79. The smallest absolute Gasteiger partial charge is 0.225 e. The number of carbonyl (C=O) groups excluding carboxylic acids is 1. The fourth-order valence-electron chi connectivity index (χ4n) is 3.53. The standard InChI is InChI=1S/C17H23NO3/c1-21-16-10-13-7-8-18(11-14(13)9-15(16)19)17(20)12-5-3-2-4-6-12/h9-10,12,19H,2-8,11H2,1H3. The van der Waals surface area contributed by atoms with Gasteiger partial charge < -0.3 is 14.7 Å². The number of phenolic OH excluding ortho intramolecular Hbond substituents is 1. The maximum Gasteiger partial charge on any atom is 0.225 e. The highest BCUT2D eigenvalue weighted by atomic mass is 16.5. The molecule has 3 rings (SSSR count). The lowest BCUT2D eigenvalue weighted by Gasteiger charge is -2.33. The molecule has 1 heterocycles. The lowest BCUT2D eigenvalue weighted by Crippen LogP contribution is -2.40. The molecule has 4 nitrogen and oxygen atoms in total. The predicted octanol–water partition coefficient (Wildman–Crippen LogP) is 2.87. The summed E-state index contributed by atoms with van der Waals surface area (Å²) in [5.41, 5.74) is 2.22. The molecule has 1 aromatic rings. The van der Waals surface area contributed by atoms with Crippen LogP contribution in [0.2, 0.25) is 0 Å². The van der Waals surface area contributed by atoms with Gasteiger partial charge in [-0.3, -0.25) is 4.79 Å². The van der Waals surface area contributed by atoms with Gasteiger partial charge in [-0.25, -0.2) is 0 Å². The summed E-state index contributed by atoms with van der Waals surface area (Å²) in [5.74, 6) is 1.19. The van der Waals surface area contributed by atoms with E-state index in [1.165, 1.54) is 24.8 Å². The molecule has 21 heavy (non-hydrogen) atoms.